The van der Waals surface area contributed by atoms with Crippen LogP contribution in [0.25, 0.3) is 0 Å². The number of nitriles is 1. The number of hydrogen-bond donors (Lipinski definition) is 1. The first-order valence-electron chi connectivity index (χ1n) is 8.84. The van der Waals surface area contributed by atoms with E-state index in [2.05, 4.69) is 15.3 Å². The van der Waals surface area contributed by atoms with Crippen molar-refractivity contribution < 1.29 is 22.8 Å². The van der Waals surface area contributed by atoms with Crippen LogP contribution in [0, 0.1) is 11.3 Å². The molecule has 1 saturated heterocycles. The van der Waals surface area contributed by atoms with Crippen LogP contribution in [-0.4, -0.2) is 45.4 Å². The summed E-state index contributed by atoms with van der Waals surface area (Å²) in [6.45, 7) is 3.39. The third-order valence-electron chi connectivity index (χ3n) is 4.72. The van der Waals surface area contributed by atoms with Gasteiger partial charge in [-0.05, 0) is 32.0 Å². The number of nitrogens with zero attached hydrogens (tertiary/aromatic N) is 5. The molecule has 3 amide bonds. The molecule has 3 rings (SSSR count). The van der Waals surface area contributed by atoms with Gasteiger partial charge in [0.1, 0.15) is 11.4 Å². The van der Waals surface area contributed by atoms with Crippen molar-refractivity contribution in [1.82, 2.24) is 14.9 Å². The molecule has 8 nitrogen and oxygen atoms in total. The number of carbonyl (C=O) groups is 2. The minimum absolute atomic E-state index is 0.104. The molecule has 0 aliphatic carbocycles. The topological polar surface area (TPSA) is 102 Å². The van der Waals surface area contributed by atoms with E-state index in [1.807, 2.05) is 0 Å². The molecular weight excluding hydrogens is 401 g/mol. The smallest absolute Gasteiger partial charge is 0.367 e. The first-order chi connectivity index (χ1) is 14.1. The molecule has 1 aromatic carbocycles. The van der Waals surface area contributed by atoms with Crippen molar-refractivity contribution in [1.29, 1.82) is 5.26 Å². The molecule has 0 bridgehead atoms. The van der Waals surface area contributed by atoms with Gasteiger partial charge >= 0.3 is 12.2 Å². The monoisotopic (exact) mass is 418 g/mol. The molecule has 0 spiro atoms. The number of rotatable bonds is 5. The second kappa shape index (κ2) is 7.62. The highest BCUT2D eigenvalue weighted by Crippen LogP contribution is 2.37. The molecule has 1 aliphatic rings. The summed E-state index contributed by atoms with van der Waals surface area (Å²) in [6, 6.07) is 3.47. The SMILES string of the molecule is CC1(C)C(=O)N(c2ccc(C#N)c(C(F)(F)F)c2)C(=O)N1CCNc1cnccn1. The maximum absolute atomic E-state index is 13.3. The average molecular weight is 418 g/mol. The molecule has 2 heterocycles. The fourth-order valence-electron chi connectivity index (χ4n) is 3.13. The Morgan fingerprint density at radius 1 is 1.23 bits per heavy atom. The Balaban J connectivity index is 1.86. The van der Waals surface area contributed by atoms with Gasteiger partial charge in [-0.2, -0.15) is 18.4 Å². The van der Waals surface area contributed by atoms with E-state index in [9.17, 15) is 22.8 Å². The van der Waals surface area contributed by atoms with Crippen LogP contribution in [0.2, 0.25) is 0 Å². The van der Waals surface area contributed by atoms with Crippen LogP contribution in [0.1, 0.15) is 25.0 Å². The molecule has 1 fully saturated rings. The van der Waals surface area contributed by atoms with Crippen molar-refractivity contribution in [2.45, 2.75) is 25.6 Å². The van der Waals surface area contributed by atoms with Gasteiger partial charge < -0.3 is 10.2 Å². The van der Waals surface area contributed by atoms with Gasteiger partial charge in [-0.1, -0.05) is 0 Å². The lowest BCUT2D eigenvalue weighted by Crippen LogP contribution is -2.46. The molecule has 0 saturated carbocycles. The Morgan fingerprint density at radius 2 is 1.97 bits per heavy atom. The molecule has 0 unspecified atom stereocenters. The number of halogens is 3. The highest BCUT2D eigenvalue weighted by Gasteiger charge is 2.52. The number of nitrogens with one attached hydrogen (secondary N) is 1. The van der Waals surface area contributed by atoms with E-state index in [4.69, 9.17) is 5.26 Å². The quantitative estimate of drug-likeness (QED) is 0.749. The van der Waals surface area contributed by atoms with Crippen LogP contribution in [0.15, 0.2) is 36.8 Å². The second-order valence-electron chi connectivity index (χ2n) is 6.99. The van der Waals surface area contributed by atoms with E-state index >= 15 is 0 Å². The maximum atomic E-state index is 13.3. The van der Waals surface area contributed by atoms with Gasteiger partial charge in [-0.15, -0.1) is 0 Å². The lowest BCUT2D eigenvalue weighted by Gasteiger charge is -2.27. The Bertz CT molecular complexity index is 1020. The summed E-state index contributed by atoms with van der Waals surface area (Å²) in [7, 11) is 0. The van der Waals surface area contributed by atoms with Gasteiger partial charge in [0.05, 0.1) is 29.1 Å². The number of urea groups is 1. The molecule has 0 atom stereocenters. The van der Waals surface area contributed by atoms with Crippen molar-refractivity contribution in [2.75, 3.05) is 23.3 Å². The zero-order valence-electron chi connectivity index (χ0n) is 16.1. The summed E-state index contributed by atoms with van der Waals surface area (Å²) in [5.74, 6) is -0.183. The van der Waals surface area contributed by atoms with E-state index in [1.165, 1.54) is 43.4 Å². The summed E-state index contributed by atoms with van der Waals surface area (Å²) in [5, 5.41) is 11.9. The van der Waals surface area contributed by atoms with E-state index in [-0.39, 0.29) is 18.8 Å². The summed E-state index contributed by atoms with van der Waals surface area (Å²) in [5.41, 5.74) is -3.31. The van der Waals surface area contributed by atoms with E-state index < -0.39 is 34.8 Å². The van der Waals surface area contributed by atoms with Crippen molar-refractivity contribution in [2.24, 2.45) is 0 Å². The molecule has 2 aromatic rings. The molecule has 1 aromatic heterocycles. The van der Waals surface area contributed by atoms with Crippen LogP contribution in [-0.2, 0) is 11.0 Å². The summed E-state index contributed by atoms with van der Waals surface area (Å²) < 4.78 is 39.9. The van der Waals surface area contributed by atoms with Crippen molar-refractivity contribution in [3.05, 3.63) is 47.9 Å². The third-order valence-corrected chi connectivity index (χ3v) is 4.72. The zero-order chi connectivity index (χ0) is 22.1. The number of carbonyl (C=O) groups excluding carboxylic acids is 2. The Morgan fingerprint density at radius 3 is 2.57 bits per heavy atom. The Hall–Kier alpha value is -3.68. The van der Waals surface area contributed by atoms with Crippen molar-refractivity contribution in [3.8, 4) is 6.07 Å². The standard InChI is InChI=1S/C19H17F3N6O2/c1-18(2)16(29)28(13-4-3-12(10-23)14(9-13)19(20,21)22)17(30)27(18)8-7-26-15-11-24-5-6-25-15/h3-6,9,11H,7-8H2,1-2H3,(H,25,26). The third kappa shape index (κ3) is 3.76. The Labute approximate surface area is 169 Å². The van der Waals surface area contributed by atoms with Crippen LogP contribution in [0.4, 0.5) is 29.5 Å². The predicted octanol–water partition coefficient (Wildman–Crippen LogP) is 3.03. The molecular formula is C19H17F3N6O2. The lowest BCUT2D eigenvalue weighted by atomic mass is 10.0. The largest absolute Gasteiger partial charge is 0.417 e. The van der Waals surface area contributed by atoms with Crippen molar-refractivity contribution in [3.63, 3.8) is 0 Å². The van der Waals surface area contributed by atoms with E-state index in [0.717, 1.165) is 12.1 Å². The van der Waals surface area contributed by atoms with Crippen molar-refractivity contribution >= 4 is 23.4 Å². The maximum Gasteiger partial charge on any atom is 0.417 e. The zero-order valence-corrected chi connectivity index (χ0v) is 16.1. The average Bonchev–Trinajstić information content (AvgIpc) is 2.87. The summed E-state index contributed by atoms with van der Waals surface area (Å²) in [6.07, 6.45) is -0.324. The minimum atomic E-state index is -4.80. The number of hydrogen-bond acceptors (Lipinski definition) is 6. The second-order valence-corrected chi connectivity index (χ2v) is 6.99. The van der Waals surface area contributed by atoms with Crippen LogP contribution < -0.4 is 10.2 Å². The predicted molar refractivity (Wildman–Crippen MR) is 100 cm³/mol. The normalized spacial score (nSPS) is 16.0. The first-order valence-corrected chi connectivity index (χ1v) is 8.84. The van der Waals surface area contributed by atoms with Gasteiger partial charge in [0.25, 0.3) is 5.91 Å². The number of aromatic nitrogens is 2. The van der Waals surface area contributed by atoms with Gasteiger partial charge in [0, 0.05) is 25.5 Å². The van der Waals surface area contributed by atoms with Gasteiger partial charge in [-0.25, -0.2) is 14.7 Å². The summed E-state index contributed by atoms with van der Waals surface area (Å²) in [4.78, 5) is 35.7. The van der Waals surface area contributed by atoms with Crippen LogP contribution in [0.5, 0.6) is 0 Å². The minimum Gasteiger partial charge on any atom is -0.367 e. The molecule has 11 heteroatoms. The number of anilines is 2. The first kappa shape index (κ1) is 21.0. The van der Waals surface area contributed by atoms with Crippen LogP contribution >= 0.6 is 0 Å². The van der Waals surface area contributed by atoms with E-state index in [1.54, 1.807) is 0 Å². The molecule has 1 N–H and O–H groups in total. The molecule has 156 valence electrons. The molecule has 0 radical (unpaired) electrons. The lowest BCUT2D eigenvalue weighted by molar-refractivity contribution is -0.137. The number of alkyl halides is 3. The van der Waals surface area contributed by atoms with Gasteiger partial charge in [-0.3, -0.25) is 9.78 Å². The fourth-order valence-corrected chi connectivity index (χ4v) is 3.13. The number of amides is 3. The Kier molecular flexibility index (Phi) is 5.35. The molecule has 30 heavy (non-hydrogen) atoms. The molecule has 1 aliphatic heterocycles. The van der Waals surface area contributed by atoms with E-state index in [0.29, 0.717) is 16.8 Å². The number of benzene rings is 1. The van der Waals surface area contributed by atoms with Crippen LogP contribution in [0.3, 0.4) is 0 Å². The summed E-state index contributed by atoms with van der Waals surface area (Å²) >= 11 is 0. The number of imide groups is 1. The highest BCUT2D eigenvalue weighted by molar-refractivity contribution is 6.23. The fraction of sp³-hybridized carbons (Fsp3) is 0.316. The highest BCUT2D eigenvalue weighted by atomic mass is 19.4. The van der Waals surface area contributed by atoms with Gasteiger partial charge in [0.2, 0.25) is 0 Å². The van der Waals surface area contributed by atoms with Gasteiger partial charge in [0.15, 0.2) is 0 Å².